The molecule has 0 bridgehead atoms. The lowest BCUT2D eigenvalue weighted by Crippen LogP contribution is -2.44. The Hall–Kier alpha value is -1.56. The van der Waals surface area contributed by atoms with Crippen LogP contribution in [0.25, 0.3) is 0 Å². The highest BCUT2D eigenvalue weighted by atomic mass is 19.4. The Labute approximate surface area is 103 Å². The molecule has 1 amide bonds. The normalized spacial score (nSPS) is 11.4. The van der Waals surface area contributed by atoms with E-state index in [1.54, 1.807) is 26.0 Å². The van der Waals surface area contributed by atoms with Crippen LogP contribution in [0, 0.1) is 13.8 Å². The molecule has 1 aromatic carbocycles. The summed E-state index contributed by atoms with van der Waals surface area (Å²) in [6.45, 7) is 3.26. The van der Waals surface area contributed by atoms with Gasteiger partial charge >= 0.3 is 12.1 Å². The molecule has 0 atom stereocenters. The summed E-state index contributed by atoms with van der Waals surface area (Å²) < 4.78 is 37.5. The number of nitrogens with zero attached hydrogens (tertiary/aromatic N) is 1. The standard InChI is InChI=1S/C12H15F3N2O/c1-8-4-3-5-10(9(8)2)17(7-6-16)11(18)12(13,14)15/h3-5H,6-7,16H2,1-2H3. The number of hydrogen-bond donors (Lipinski definition) is 1. The number of alkyl halides is 3. The fraction of sp³-hybridized carbons (Fsp3) is 0.417. The van der Waals surface area contributed by atoms with E-state index in [2.05, 4.69) is 0 Å². The van der Waals surface area contributed by atoms with Gasteiger partial charge in [-0.1, -0.05) is 12.1 Å². The highest BCUT2D eigenvalue weighted by Gasteiger charge is 2.43. The number of carbonyl (C=O) groups excluding carboxylic acids is 1. The number of amides is 1. The van der Waals surface area contributed by atoms with Crippen LogP contribution in [0.15, 0.2) is 18.2 Å². The van der Waals surface area contributed by atoms with Crippen LogP contribution >= 0.6 is 0 Å². The maximum atomic E-state index is 12.5. The van der Waals surface area contributed by atoms with Gasteiger partial charge in [-0.25, -0.2) is 0 Å². The first-order valence-electron chi connectivity index (χ1n) is 5.44. The molecular formula is C12H15F3N2O. The van der Waals surface area contributed by atoms with Gasteiger partial charge in [0.2, 0.25) is 0 Å². The molecule has 0 aromatic heterocycles. The van der Waals surface area contributed by atoms with Gasteiger partial charge in [0.25, 0.3) is 0 Å². The lowest BCUT2D eigenvalue weighted by Gasteiger charge is -2.25. The van der Waals surface area contributed by atoms with E-state index in [9.17, 15) is 18.0 Å². The molecule has 0 aliphatic rings. The highest BCUT2D eigenvalue weighted by molar-refractivity contribution is 5.98. The molecule has 0 fully saturated rings. The highest BCUT2D eigenvalue weighted by Crippen LogP contribution is 2.27. The summed E-state index contributed by atoms with van der Waals surface area (Å²) in [5, 5.41) is 0. The number of nitrogens with two attached hydrogens (primary N) is 1. The van der Waals surface area contributed by atoms with E-state index in [0.717, 1.165) is 5.56 Å². The van der Waals surface area contributed by atoms with Crippen LogP contribution in [0.5, 0.6) is 0 Å². The summed E-state index contributed by atoms with van der Waals surface area (Å²) in [7, 11) is 0. The van der Waals surface area contributed by atoms with Crippen molar-refractivity contribution in [3.8, 4) is 0 Å². The molecule has 0 saturated heterocycles. The molecule has 1 rings (SSSR count). The van der Waals surface area contributed by atoms with Gasteiger partial charge in [-0.2, -0.15) is 13.2 Å². The summed E-state index contributed by atoms with van der Waals surface area (Å²) in [6.07, 6.45) is -4.90. The van der Waals surface area contributed by atoms with Crippen molar-refractivity contribution in [3.05, 3.63) is 29.3 Å². The Kier molecular flexibility index (Phi) is 4.34. The number of anilines is 1. The number of rotatable bonds is 3. The van der Waals surface area contributed by atoms with Crippen molar-refractivity contribution in [1.82, 2.24) is 0 Å². The minimum Gasteiger partial charge on any atom is -0.329 e. The Bertz CT molecular complexity index is 443. The van der Waals surface area contributed by atoms with Crippen molar-refractivity contribution in [3.63, 3.8) is 0 Å². The molecule has 0 heterocycles. The summed E-state index contributed by atoms with van der Waals surface area (Å²) in [6, 6.07) is 4.88. The number of aryl methyl sites for hydroxylation is 1. The monoisotopic (exact) mass is 260 g/mol. The number of carbonyl (C=O) groups is 1. The van der Waals surface area contributed by atoms with Gasteiger partial charge in [-0.05, 0) is 31.0 Å². The number of benzene rings is 1. The molecule has 0 saturated carbocycles. The van der Waals surface area contributed by atoms with Crippen molar-refractivity contribution in [2.75, 3.05) is 18.0 Å². The summed E-state index contributed by atoms with van der Waals surface area (Å²) in [4.78, 5) is 12.0. The number of halogens is 3. The van der Waals surface area contributed by atoms with Crippen molar-refractivity contribution < 1.29 is 18.0 Å². The molecule has 18 heavy (non-hydrogen) atoms. The predicted molar refractivity (Wildman–Crippen MR) is 63.4 cm³/mol. The van der Waals surface area contributed by atoms with Crippen molar-refractivity contribution in [2.45, 2.75) is 20.0 Å². The van der Waals surface area contributed by atoms with E-state index in [-0.39, 0.29) is 18.8 Å². The van der Waals surface area contributed by atoms with Crippen LogP contribution in [-0.2, 0) is 4.79 Å². The Morgan fingerprint density at radius 1 is 1.33 bits per heavy atom. The second kappa shape index (κ2) is 5.39. The van der Waals surface area contributed by atoms with Gasteiger partial charge in [0.05, 0.1) is 0 Å². The average molecular weight is 260 g/mol. The Morgan fingerprint density at radius 3 is 2.44 bits per heavy atom. The molecule has 0 unspecified atom stereocenters. The van der Waals surface area contributed by atoms with Gasteiger partial charge in [0.1, 0.15) is 0 Å². The second-order valence-electron chi connectivity index (χ2n) is 3.96. The van der Waals surface area contributed by atoms with E-state index in [0.29, 0.717) is 10.5 Å². The Morgan fingerprint density at radius 2 is 1.94 bits per heavy atom. The molecule has 0 aliphatic heterocycles. The molecule has 2 N–H and O–H groups in total. The van der Waals surface area contributed by atoms with E-state index in [1.165, 1.54) is 6.07 Å². The zero-order valence-electron chi connectivity index (χ0n) is 10.2. The first-order valence-corrected chi connectivity index (χ1v) is 5.44. The first kappa shape index (κ1) is 14.5. The fourth-order valence-corrected chi connectivity index (χ4v) is 1.64. The van der Waals surface area contributed by atoms with Crippen molar-refractivity contribution in [2.24, 2.45) is 5.73 Å². The molecule has 100 valence electrons. The predicted octanol–water partition coefficient (Wildman–Crippen LogP) is 2.16. The molecule has 6 heteroatoms. The van der Waals surface area contributed by atoms with Gasteiger partial charge in [0, 0.05) is 18.8 Å². The smallest absolute Gasteiger partial charge is 0.329 e. The first-order chi connectivity index (χ1) is 8.29. The third-order valence-corrected chi connectivity index (χ3v) is 2.71. The molecular weight excluding hydrogens is 245 g/mol. The second-order valence-corrected chi connectivity index (χ2v) is 3.96. The fourth-order valence-electron chi connectivity index (χ4n) is 1.64. The molecule has 0 aliphatic carbocycles. The van der Waals surface area contributed by atoms with Crippen LogP contribution in [0.2, 0.25) is 0 Å². The van der Waals surface area contributed by atoms with Crippen molar-refractivity contribution >= 4 is 11.6 Å². The van der Waals surface area contributed by atoms with Crippen molar-refractivity contribution in [1.29, 1.82) is 0 Å². The maximum absolute atomic E-state index is 12.5. The average Bonchev–Trinajstić information content (AvgIpc) is 2.28. The SMILES string of the molecule is Cc1cccc(N(CCN)C(=O)C(F)(F)F)c1C. The van der Waals surface area contributed by atoms with E-state index in [1.807, 2.05) is 0 Å². The molecule has 1 aromatic rings. The summed E-state index contributed by atoms with van der Waals surface area (Å²) in [5.41, 5.74) is 6.99. The zero-order valence-corrected chi connectivity index (χ0v) is 10.2. The van der Waals surface area contributed by atoms with Crippen LogP contribution in [0.4, 0.5) is 18.9 Å². The van der Waals surface area contributed by atoms with E-state index < -0.39 is 12.1 Å². The Balaban J connectivity index is 3.20. The van der Waals surface area contributed by atoms with Gasteiger partial charge < -0.3 is 10.6 Å². The largest absolute Gasteiger partial charge is 0.471 e. The minimum atomic E-state index is -4.90. The molecule has 3 nitrogen and oxygen atoms in total. The quantitative estimate of drug-likeness (QED) is 0.905. The van der Waals surface area contributed by atoms with Crippen LogP contribution in [-0.4, -0.2) is 25.2 Å². The third kappa shape index (κ3) is 3.01. The molecule has 0 radical (unpaired) electrons. The van der Waals surface area contributed by atoms with Crippen LogP contribution in [0.3, 0.4) is 0 Å². The summed E-state index contributed by atoms with van der Waals surface area (Å²) >= 11 is 0. The third-order valence-electron chi connectivity index (χ3n) is 2.71. The van der Waals surface area contributed by atoms with E-state index in [4.69, 9.17) is 5.73 Å². The number of hydrogen-bond acceptors (Lipinski definition) is 2. The van der Waals surface area contributed by atoms with Crippen LogP contribution in [0.1, 0.15) is 11.1 Å². The van der Waals surface area contributed by atoms with Gasteiger partial charge in [0.15, 0.2) is 0 Å². The minimum absolute atomic E-state index is 0.0325. The maximum Gasteiger partial charge on any atom is 0.471 e. The van der Waals surface area contributed by atoms with E-state index >= 15 is 0 Å². The van der Waals surface area contributed by atoms with Gasteiger partial charge in [-0.15, -0.1) is 0 Å². The van der Waals surface area contributed by atoms with Gasteiger partial charge in [-0.3, -0.25) is 4.79 Å². The lowest BCUT2D eigenvalue weighted by atomic mass is 10.1. The van der Waals surface area contributed by atoms with Crippen LogP contribution < -0.4 is 10.6 Å². The topological polar surface area (TPSA) is 46.3 Å². The lowest BCUT2D eigenvalue weighted by molar-refractivity contribution is -0.170. The summed E-state index contributed by atoms with van der Waals surface area (Å²) in [5.74, 6) is -1.89. The molecule has 0 spiro atoms. The zero-order chi connectivity index (χ0) is 13.9.